The van der Waals surface area contributed by atoms with E-state index in [0.717, 1.165) is 11.1 Å². The molecule has 1 aromatic heterocycles. The molecule has 0 unspecified atom stereocenters. The molecule has 0 aliphatic rings. The molecule has 0 aliphatic heterocycles. The Bertz CT molecular complexity index is 604. The smallest absolute Gasteiger partial charge is 0.287 e. The molecule has 1 N–H and O–H groups in total. The summed E-state index contributed by atoms with van der Waals surface area (Å²) >= 11 is 0. The first-order valence-corrected chi connectivity index (χ1v) is 6.19. The Morgan fingerprint density at radius 2 is 1.95 bits per heavy atom. The second kappa shape index (κ2) is 6.14. The lowest BCUT2D eigenvalue weighted by molar-refractivity contribution is 0.0922. The van der Waals surface area contributed by atoms with Gasteiger partial charge in [-0.2, -0.15) is 0 Å². The lowest BCUT2D eigenvalue weighted by Crippen LogP contribution is -2.22. The van der Waals surface area contributed by atoms with E-state index in [0.29, 0.717) is 23.8 Å². The van der Waals surface area contributed by atoms with Crippen molar-refractivity contribution in [1.82, 2.24) is 5.32 Å². The second-order valence-corrected chi connectivity index (χ2v) is 4.30. The van der Waals surface area contributed by atoms with Gasteiger partial charge in [-0.25, -0.2) is 0 Å². The standard InChI is InChI=1S/C15H17NO4/c1-10-6-7-20-14(10)15(17)16-9-11-4-5-12(18-2)13(8-11)19-3/h4-8H,9H2,1-3H3,(H,16,17). The molecule has 5 heteroatoms. The van der Waals surface area contributed by atoms with Crippen LogP contribution in [0, 0.1) is 6.92 Å². The third kappa shape index (κ3) is 2.93. The minimum absolute atomic E-state index is 0.234. The number of hydrogen-bond donors (Lipinski definition) is 1. The van der Waals surface area contributed by atoms with E-state index >= 15 is 0 Å². The predicted molar refractivity (Wildman–Crippen MR) is 74.2 cm³/mol. The van der Waals surface area contributed by atoms with Gasteiger partial charge in [-0.05, 0) is 30.7 Å². The van der Waals surface area contributed by atoms with Gasteiger partial charge in [0, 0.05) is 12.1 Å². The first-order chi connectivity index (χ1) is 9.65. The van der Waals surface area contributed by atoms with E-state index in [1.165, 1.54) is 6.26 Å². The average Bonchev–Trinajstić information content (AvgIpc) is 2.90. The second-order valence-electron chi connectivity index (χ2n) is 4.30. The number of carbonyl (C=O) groups is 1. The first kappa shape index (κ1) is 14.0. The van der Waals surface area contributed by atoms with Crippen LogP contribution in [-0.2, 0) is 6.54 Å². The molecule has 0 radical (unpaired) electrons. The van der Waals surface area contributed by atoms with Gasteiger partial charge in [0.25, 0.3) is 5.91 Å². The Morgan fingerprint density at radius 1 is 1.20 bits per heavy atom. The molecule has 20 heavy (non-hydrogen) atoms. The molecular formula is C15H17NO4. The maximum atomic E-state index is 11.9. The number of aryl methyl sites for hydroxylation is 1. The van der Waals surface area contributed by atoms with Crippen LogP contribution in [-0.4, -0.2) is 20.1 Å². The first-order valence-electron chi connectivity index (χ1n) is 6.19. The molecular weight excluding hydrogens is 258 g/mol. The van der Waals surface area contributed by atoms with Crippen LogP contribution in [0.5, 0.6) is 11.5 Å². The summed E-state index contributed by atoms with van der Waals surface area (Å²) in [5, 5.41) is 2.80. The normalized spacial score (nSPS) is 10.2. The number of rotatable bonds is 5. The largest absolute Gasteiger partial charge is 0.493 e. The summed E-state index contributed by atoms with van der Waals surface area (Å²) in [4.78, 5) is 11.9. The van der Waals surface area contributed by atoms with Crippen molar-refractivity contribution in [2.75, 3.05) is 14.2 Å². The van der Waals surface area contributed by atoms with Crippen molar-refractivity contribution >= 4 is 5.91 Å². The van der Waals surface area contributed by atoms with Crippen molar-refractivity contribution < 1.29 is 18.7 Å². The van der Waals surface area contributed by atoms with E-state index in [-0.39, 0.29) is 5.91 Å². The fourth-order valence-electron chi connectivity index (χ4n) is 1.86. The summed E-state index contributed by atoms with van der Waals surface area (Å²) < 4.78 is 15.5. The van der Waals surface area contributed by atoms with Crippen LogP contribution in [0.4, 0.5) is 0 Å². The number of hydrogen-bond acceptors (Lipinski definition) is 4. The predicted octanol–water partition coefficient (Wildman–Crippen LogP) is 2.54. The Morgan fingerprint density at radius 3 is 2.55 bits per heavy atom. The number of furan rings is 1. The highest BCUT2D eigenvalue weighted by Gasteiger charge is 2.12. The molecule has 0 saturated heterocycles. The van der Waals surface area contributed by atoms with Gasteiger partial charge in [0.1, 0.15) is 0 Å². The molecule has 0 atom stereocenters. The lowest BCUT2D eigenvalue weighted by Gasteiger charge is -2.10. The van der Waals surface area contributed by atoms with E-state index in [9.17, 15) is 4.79 Å². The summed E-state index contributed by atoms with van der Waals surface area (Å²) in [7, 11) is 3.16. The summed E-state index contributed by atoms with van der Waals surface area (Å²) in [5.74, 6) is 1.39. The van der Waals surface area contributed by atoms with Gasteiger partial charge >= 0.3 is 0 Å². The van der Waals surface area contributed by atoms with Gasteiger partial charge in [0.05, 0.1) is 20.5 Å². The summed E-state index contributed by atoms with van der Waals surface area (Å²) in [6.07, 6.45) is 1.50. The van der Waals surface area contributed by atoms with E-state index in [2.05, 4.69) is 5.32 Å². The van der Waals surface area contributed by atoms with Crippen LogP contribution >= 0.6 is 0 Å². The summed E-state index contributed by atoms with van der Waals surface area (Å²) in [5.41, 5.74) is 1.73. The molecule has 1 heterocycles. The van der Waals surface area contributed by atoms with Gasteiger partial charge in [-0.1, -0.05) is 6.07 Å². The van der Waals surface area contributed by atoms with Gasteiger partial charge in [0.2, 0.25) is 0 Å². The molecule has 2 aromatic rings. The van der Waals surface area contributed by atoms with E-state index in [1.807, 2.05) is 19.1 Å². The molecule has 0 fully saturated rings. The minimum atomic E-state index is -0.234. The Balaban J connectivity index is 2.04. The van der Waals surface area contributed by atoms with Crippen LogP contribution in [0.3, 0.4) is 0 Å². The molecule has 1 aromatic carbocycles. The lowest BCUT2D eigenvalue weighted by atomic mass is 10.2. The van der Waals surface area contributed by atoms with Crippen LogP contribution < -0.4 is 14.8 Å². The highest BCUT2D eigenvalue weighted by Crippen LogP contribution is 2.27. The quantitative estimate of drug-likeness (QED) is 0.911. The zero-order valence-corrected chi connectivity index (χ0v) is 11.7. The van der Waals surface area contributed by atoms with Crippen molar-refractivity contribution in [2.45, 2.75) is 13.5 Å². The zero-order chi connectivity index (χ0) is 14.5. The fourth-order valence-corrected chi connectivity index (χ4v) is 1.86. The SMILES string of the molecule is COc1ccc(CNC(=O)c2occc2C)cc1OC. The van der Waals surface area contributed by atoms with Crippen molar-refractivity contribution in [3.63, 3.8) is 0 Å². The molecule has 2 rings (SSSR count). The van der Waals surface area contributed by atoms with Gasteiger partial charge in [-0.15, -0.1) is 0 Å². The van der Waals surface area contributed by atoms with Crippen LogP contribution in [0.2, 0.25) is 0 Å². The van der Waals surface area contributed by atoms with Crippen LogP contribution in [0.25, 0.3) is 0 Å². The van der Waals surface area contributed by atoms with Crippen molar-refractivity contribution in [3.8, 4) is 11.5 Å². The molecule has 0 spiro atoms. The van der Waals surface area contributed by atoms with Crippen LogP contribution in [0.1, 0.15) is 21.7 Å². The fraction of sp³-hybridized carbons (Fsp3) is 0.267. The van der Waals surface area contributed by atoms with E-state index in [4.69, 9.17) is 13.9 Å². The zero-order valence-electron chi connectivity index (χ0n) is 11.7. The molecule has 1 amide bonds. The molecule has 0 bridgehead atoms. The number of amides is 1. The monoisotopic (exact) mass is 275 g/mol. The molecule has 0 saturated carbocycles. The number of carbonyl (C=O) groups excluding carboxylic acids is 1. The average molecular weight is 275 g/mol. The van der Waals surface area contributed by atoms with Crippen molar-refractivity contribution in [1.29, 1.82) is 0 Å². The third-order valence-corrected chi connectivity index (χ3v) is 2.97. The highest BCUT2D eigenvalue weighted by molar-refractivity contribution is 5.92. The number of benzene rings is 1. The van der Waals surface area contributed by atoms with Crippen molar-refractivity contribution in [2.24, 2.45) is 0 Å². The Hall–Kier alpha value is -2.43. The van der Waals surface area contributed by atoms with Crippen molar-refractivity contribution in [3.05, 3.63) is 47.4 Å². The third-order valence-electron chi connectivity index (χ3n) is 2.97. The van der Waals surface area contributed by atoms with Crippen LogP contribution in [0.15, 0.2) is 34.9 Å². The molecule has 0 aliphatic carbocycles. The maximum Gasteiger partial charge on any atom is 0.287 e. The van der Waals surface area contributed by atoms with E-state index < -0.39 is 0 Å². The maximum absolute atomic E-state index is 11.9. The summed E-state index contributed by atoms with van der Waals surface area (Å²) in [6, 6.07) is 7.26. The topological polar surface area (TPSA) is 60.7 Å². The highest BCUT2D eigenvalue weighted by atomic mass is 16.5. The van der Waals surface area contributed by atoms with E-state index in [1.54, 1.807) is 26.4 Å². The van der Waals surface area contributed by atoms with Gasteiger partial charge in [0.15, 0.2) is 17.3 Å². The van der Waals surface area contributed by atoms with Gasteiger partial charge in [-0.3, -0.25) is 4.79 Å². The number of nitrogens with one attached hydrogen (secondary N) is 1. The van der Waals surface area contributed by atoms with Gasteiger partial charge < -0.3 is 19.2 Å². The molecule has 5 nitrogen and oxygen atoms in total. The number of ether oxygens (including phenoxy) is 2. The summed E-state index contributed by atoms with van der Waals surface area (Å²) in [6.45, 7) is 2.22. The number of methoxy groups -OCH3 is 2. The molecule has 106 valence electrons. The Kier molecular flexibility index (Phi) is 4.30. The Labute approximate surface area is 117 Å². The minimum Gasteiger partial charge on any atom is -0.493 e.